The zero-order chi connectivity index (χ0) is 15.6. The Morgan fingerprint density at radius 2 is 1.90 bits per heavy atom. The van der Waals surface area contributed by atoms with Crippen molar-refractivity contribution in [2.24, 2.45) is 5.41 Å². The minimum Gasteiger partial charge on any atom is -0.478 e. The van der Waals surface area contributed by atoms with Crippen molar-refractivity contribution in [2.75, 3.05) is 18.1 Å². The van der Waals surface area contributed by atoms with Crippen LogP contribution in [-0.2, 0) is 0 Å². The summed E-state index contributed by atoms with van der Waals surface area (Å²) in [6.07, 6.45) is 0.934. The first kappa shape index (κ1) is 15.3. The van der Waals surface area contributed by atoms with Crippen LogP contribution in [0.2, 0.25) is 0 Å². The third-order valence-electron chi connectivity index (χ3n) is 3.81. The molecule has 0 heterocycles. The van der Waals surface area contributed by atoms with Crippen molar-refractivity contribution >= 4 is 17.7 Å². The van der Waals surface area contributed by atoms with E-state index in [0.717, 1.165) is 6.42 Å². The van der Waals surface area contributed by atoms with Crippen molar-refractivity contribution in [3.8, 4) is 0 Å². The van der Waals surface area contributed by atoms with E-state index in [4.69, 9.17) is 10.2 Å². The molecule has 1 saturated carbocycles. The van der Waals surface area contributed by atoms with Crippen LogP contribution < -0.4 is 10.2 Å². The molecule has 3 N–H and O–H groups in total. The lowest BCUT2D eigenvalue weighted by molar-refractivity contribution is 0.0697. The summed E-state index contributed by atoms with van der Waals surface area (Å²) in [4.78, 5) is 24.5. The van der Waals surface area contributed by atoms with Gasteiger partial charge in [-0.15, -0.1) is 0 Å². The Morgan fingerprint density at radius 1 is 1.33 bits per heavy atom. The molecule has 21 heavy (non-hydrogen) atoms. The van der Waals surface area contributed by atoms with Crippen LogP contribution in [-0.4, -0.2) is 41.4 Å². The quantitative estimate of drug-likeness (QED) is 0.770. The summed E-state index contributed by atoms with van der Waals surface area (Å²) in [5, 5.41) is 20.9. The number of nitrogens with one attached hydrogen (secondary N) is 1. The number of anilines is 1. The first-order valence-electron chi connectivity index (χ1n) is 6.87. The van der Waals surface area contributed by atoms with Crippen molar-refractivity contribution in [1.29, 1.82) is 0 Å². The van der Waals surface area contributed by atoms with Crippen LogP contribution in [0, 0.1) is 5.41 Å². The molecule has 114 valence electrons. The normalized spacial score (nSPS) is 18.9. The number of aliphatic hydroxyl groups is 1. The van der Waals surface area contributed by atoms with Crippen LogP contribution in [0.1, 0.15) is 30.6 Å². The van der Waals surface area contributed by atoms with E-state index in [1.807, 2.05) is 0 Å². The predicted octanol–water partition coefficient (Wildman–Crippen LogP) is 1.69. The molecule has 1 aromatic carbocycles. The van der Waals surface area contributed by atoms with Crippen LogP contribution in [0.4, 0.5) is 10.5 Å². The predicted molar refractivity (Wildman–Crippen MR) is 78.6 cm³/mol. The Labute approximate surface area is 123 Å². The highest BCUT2D eigenvalue weighted by Gasteiger charge is 2.47. The molecule has 0 aromatic heterocycles. The number of urea groups is 1. The molecule has 1 aliphatic rings. The van der Waals surface area contributed by atoms with Crippen LogP contribution >= 0.6 is 0 Å². The average Bonchev–Trinajstić information content (AvgIpc) is 3.02. The van der Waals surface area contributed by atoms with Gasteiger partial charge in [-0.1, -0.05) is 13.8 Å². The number of hydrogen-bond donors (Lipinski definition) is 3. The molecule has 0 bridgehead atoms. The second-order valence-corrected chi connectivity index (χ2v) is 5.92. The van der Waals surface area contributed by atoms with Crippen LogP contribution in [0.25, 0.3) is 0 Å². The molecule has 1 unspecified atom stereocenters. The van der Waals surface area contributed by atoms with Gasteiger partial charge in [0.1, 0.15) is 0 Å². The van der Waals surface area contributed by atoms with E-state index in [9.17, 15) is 9.59 Å². The summed E-state index contributed by atoms with van der Waals surface area (Å²) >= 11 is 0. The SMILES string of the molecule is CC1(C)CC1NC(=O)N(CCO)c1ccc(C(=O)O)cc1. The van der Waals surface area contributed by atoms with Crippen LogP contribution in [0.5, 0.6) is 0 Å². The van der Waals surface area contributed by atoms with Crippen molar-refractivity contribution in [3.05, 3.63) is 29.8 Å². The van der Waals surface area contributed by atoms with Crippen molar-refractivity contribution < 1.29 is 19.8 Å². The second kappa shape index (κ2) is 5.73. The first-order chi connectivity index (χ1) is 9.85. The minimum atomic E-state index is -1.01. The van der Waals surface area contributed by atoms with Crippen molar-refractivity contribution in [3.63, 3.8) is 0 Å². The topological polar surface area (TPSA) is 89.9 Å². The zero-order valence-corrected chi connectivity index (χ0v) is 12.2. The summed E-state index contributed by atoms with van der Waals surface area (Å²) in [6.45, 7) is 4.15. The Kier molecular flexibility index (Phi) is 4.18. The van der Waals surface area contributed by atoms with Crippen molar-refractivity contribution in [2.45, 2.75) is 26.3 Å². The van der Waals surface area contributed by atoms with E-state index in [1.165, 1.54) is 17.0 Å². The number of rotatable bonds is 5. The maximum Gasteiger partial charge on any atom is 0.335 e. The largest absolute Gasteiger partial charge is 0.478 e. The highest BCUT2D eigenvalue weighted by atomic mass is 16.4. The molecule has 0 radical (unpaired) electrons. The third-order valence-corrected chi connectivity index (χ3v) is 3.81. The zero-order valence-electron chi connectivity index (χ0n) is 12.2. The number of hydrogen-bond acceptors (Lipinski definition) is 3. The van der Waals surface area contributed by atoms with Crippen molar-refractivity contribution in [1.82, 2.24) is 5.32 Å². The van der Waals surface area contributed by atoms with Gasteiger partial charge < -0.3 is 15.5 Å². The van der Waals surface area contributed by atoms with E-state index in [-0.39, 0.29) is 36.2 Å². The molecular weight excluding hydrogens is 272 g/mol. The summed E-state index contributed by atoms with van der Waals surface area (Å²) in [5.74, 6) is -1.01. The molecule has 1 aromatic rings. The summed E-state index contributed by atoms with van der Waals surface area (Å²) < 4.78 is 0. The number of nitrogens with zero attached hydrogens (tertiary/aromatic N) is 1. The molecule has 2 amide bonds. The molecule has 0 saturated heterocycles. The number of aromatic carboxylic acids is 1. The number of carbonyl (C=O) groups excluding carboxylic acids is 1. The standard InChI is InChI=1S/C15H20N2O4/c1-15(2)9-12(15)16-14(21)17(7-8-18)11-5-3-10(4-6-11)13(19)20/h3-6,12,18H,7-9H2,1-2H3,(H,16,21)(H,19,20). The van der Waals surface area contributed by atoms with Gasteiger partial charge in [0, 0.05) is 11.7 Å². The number of carboxylic acids is 1. The van der Waals surface area contributed by atoms with Gasteiger partial charge in [0.05, 0.1) is 18.7 Å². The fraction of sp³-hybridized carbons (Fsp3) is 0.467. The smallest absolute Gasteiger partial charge is 0.335 e. The van der Waals surface area contributed by atoms with Crippen LogP contribution in [0.3, 0.4) is 0 Å². The first-order valence-corrected chi connectivity index (χ1v) is 6.87. The monoisotopic (exact) mass is 292 g/mol. The molecule has 1 atom stereocenters. The van der Waals surface area contributed by atoms with Gasteiger partial charge in [0.25, 0.3) is 0 Å². The fourth-order valence-electron chi connectivity index (χ4n) is 2.17. The number of carboxylic acid groups (broad SMARTS) is 1. The molecule has 0 spiro atoms. The van der Waals surface area contributed by atoms with Gasteiger partial charge in [0.2, 0.25) is 0 Å². The summed E-state index contributed by atoms with van der Waals surface area (Å²) in [6, 6.07) is 5.88. The lowest BCUT2D eigenvalue weighted by Crippen LogP contribution is -2.43. The van der Waals surface area contributed by atoms with Gasteiger partial charge in [-0.25, -0.2) is 9.59 Å². The lowest BCUT2D eigenvalue weighted by Gasteiger charge is -2.23. The Bertz CT molecular complexity index is 539. The average molecular weight is 292 g/mol. The van der Waals surface area contributed by atoms with E-state index in [2.05, 4.69) is 19.2 Å². The summed E-state index contributed by atoms with van der Waals surface area (Å²) in [7, 11) is 0. The van der Waals surface area contributed by atoms with E-state index >= 15 is 0 Å². The van der Waals surface area contributed by atoms with Gasteiger partial charge in [-0.2, -0.15) is 0 Å². The fourth-order valence-corrected chi connectivity index (χ4v) is 2.17. The molecule has 1 aliphatic carbocycles. The maximum absolute atomic E-state index is 12.3. The van der Waals surface area contributed by atoms with Gasteiger partial charge in [0.15, 0.2) is 0 Å². The molecule has 6 nitrogen and oxygen atoms in total. The molecule has 6 heteroatoms. The Morgan fingerprint density at radius 3 is 2.33 bits per heavy atom. The van der Waals surface area contributed by atoms with Crippen LogP contribution in [0.15, 0.2) is 24.3 Å². The molecule has 2 rings (SSSR count). The highest BCUT2D eigenvalue weighted by Crippen LogP contribution is 2.44. The number of benzene rings is 1. The highest BCUT2D eigenvalue weighted by molar-refractivity contribution is 5.93. The molecular formula is C15H20N2O4. The van der Waals surface area contributed by atoms with E-state index in [1.54, 1.807) is 12.1 Å². The van der Waals surface area contributed by atoms with Gasteiger partial charge >= 0.3 is 12.0 Å². The second-order valence-electron chi connectivity index (χ2n) is 5.92. The molecule has 1 fully saturated rings. The van der Waals surface area contributed by atoms with Gasteiger partial charge in [-0.05, 0) is 36.1 Å². The third kappa shape index (κ3) is 3.52. The lowest BCUT2D eigenvalue weighted by atomic mass is 10.2. The summed E-state index contributed by atoms with van der Waals surface area (Å²) in [5.41, 5.74) is 0.838. The molecule has 0 aliphatic heterocycles. The minimum absolute atomic E-state index is 0.119. The maximum atomic E-state index is 12.3. The number of aliphatic hydroxyl groups excluding tert-OH is 1. The van der Waals surface area contributed by atoms with E-state index in [0.29, 0.717) is 5.69 Å². The Balaban J connectivity index is 2.10. The number of carbonyl (C=O) groups is 2. The number of amides is 2. The van der Waals surface area contributed by atoms with Gasteiger partial charge in [-0.3, -0.25) is 4.90 Å². The Hall–Kier alpha value is -2.08. The van der Waals surface area contributed by atoms with E-state index < -0.39 is 5.97 Å².